The zero-order valence-corrected chi connectivity index (χ0v) is 7.70. The first-order valence-electron chi connectivity index (χ1n) is 3.76. The van der Waals surface area contributed by atoms with Crippen LogP contribution in [0.3, 0.4) is 0 Å². The molecule has 1 unspecified atom stereocenters. The zero-order chi connectivity index (χ0) is 9.73. The summed E-state index contributed by atoms with van der Waals surface area (Å²) in [5.41, 5.74) is 0.449. The standard InChI is InChI=1S/C11H9ClO/c1-2-11(13,8-9-12)10-6-4-3-5-7-10/h1,3-9,13H. The van der Waals surface area contributed by atoms with E-state index in [9.17, 15) is 5.11 Å². The van der Waals surface area contributed by atoms with Crippen LogP contribution >= 0.6 is 11.6 Å². The predicted molar refractivity (Wildman–Crippen MR) is 54.2 cm³/mol. The molecule has 1 N–H and O–H groups in total. The molecule has 0 aliphatic heterocycles. The number of rotatable bonds is 2. The third-order valence-electron chi connectivity index (χ3n) is 1.74. The number of hydrogen-bond donors (Lipinski definition) is 1. The summed E-state index contributed by atoms with van der Waals surface area (Å²) < 4.78 is 0. The first-order chi connectivity index (χ1) is 6.23. The van der Waals surface area contributed by atoms with Crippen molar-refractivity contribution in [3.8, 4) is 12.3 Å². The molecule has 1 aromatic rings. The molecular formula is C11H9ClO. The average molecular weight is 193 g/mol. The molecule has 0 heterocycles. The number of benzene rings is 1. The van der Waals surface area contributed by atoms with Crippen molar-refractivity contribution in [3.63, 3.8) is 0 Å². The molecule has 0 aliphatic carbocycles. The summed E-state index contributed by atoms with van der Waals surface area (Å²) in [4.78, 5) is 0. The van der Waals surface area contributed by atoms with E-state index < -0.39 is 5.60 Å². The van der Waals surface area contributed by atoms with E-state index in [1.165, 1.54) is 11.6 Å². The van der Waals surface area contributed by atoms with E-state index in [-0.39, 0.29) is 0 Å². The van der Waals surface area contributed by atoms with Crippen LogP contribution in [0.4, 0.5) is 0 Å². The van der Waals surface area contributed by atoms with Crippen LogP contribution in [-0.4, -0.2) is 5.11 Å². The third-order valence-corrected chi connectivity index (χ3v) is 1.86. The van der Waals surface area contributed by atoms with Gasteiger partial charge in [-0.15, -0.1) is 6.42 Å². The van der Waals surface area contributed by atoms with Crippen molar-refractivity contribution < 1.29 is 5.11 Å². The Labute approximate surface area is 82.7 Å². The summed E-state index contributed by atoms with van der Waals surface area (Å²) in [6.07, 6.45) is 6.58. The SMILES string of the molecule is C#CC(O)(C=CCl)c1ccccc1. The Morgan fingerprint density at radius 3 is 2.46 bits per heavy atom. The first kappa shape index (κ1) is 9.85. The van der Waals surface area contributed by atoms with E-state index in [4.69, 9.17) is 18.0 Å². The van der Waals surface area contributed by atoms with Crippen molar-refractivity contribution in [2.24, 2.45) is 0 Å². The molecule has 0 aromatic heterocycles. The second-order valence-corrected chi connectivity index (χ2v) is 2.82. The zero-order valence-electron chi connectivity index (χ0n) is 6.94. The van der Waals surface area contributed by atoms with Gasteiger partial charge in [0.15, 0.2) is 5.60 Å². The van der Waals surface area contributed by atoms with Crippen molar-refractivity contribution in [2.45, 2.75) is 5.60 Å². The Morgan fingerprint density at radius 2 is 2.00 bits per heavy atom. The maximum Gasteiger partial charge on any atom is 0.170 e. The number of halogens is 1. The van der Waals surface area contributed by atoms with Crippen LogP contribution < -0.4 is 0 Å². The minimum atomic E-state index is -1.40. The van der Waals surface area contributed by atoms with Gasteiger partial charge in [-0.2, -0.15) is 0 Å². The van der Waals surface area contributed by atoms with Gasteiger partial charge in [-0.25, -0.2) is 0 Å². The largest absolute Gasteiger partial charge is 0.370 e. The molecule has 0 radical (unpaired) electrons. The summed E-state index contributed by atoms with van der Waals surface area (Å²) in [5, 5.41) is 9.88. The summed E-state index contributed by atoms with van der Waals surface area (Å²) in [5.74, 6) is 2.28. The van der Waals surface area contributed by atoms with Gasteiger partial charge in [-0.3, -0.25) is 0 Å². The van der Waals surface area contributed by atoms with Gasteiger partial charge >= 0.3 is 0 Å². The molecule has 13 heavy (non-hydrogen) atoms. The molecule has 0 aliphatic rings. The van der Waals surface area contributed by atoms with Crippen molar-refractivity contribution in [1.29, 1.82) is 0 Å². The van der Waals surface area contributed by atoms with Gasteiger partial charge < -0.3 is 5.11 Å². The summed E-state index contributed by atoms with van der Waals surface area (Å²) in [6, 6.07) is 8.96. The highest BCUT2D eigenvalue weighted by Crippen LogP contribution is 2.21. The topological polar surface area (TPSA) is 20.2 Å². The molecule has 2 heteroatoms. The molecule has 1 nitrogen and oxygen atoms in total. The van der Waals surface area contributed by atoms with Crippen LogP contribution in [0, 0.1) is 12.3 Å². The molecule has 0 saturated heterocycles. The van der Waals surface area contributed by atoms with Gasteiger partial charge in [-0.05, 0) is 11.6 Å². The Kier molecular flexibility index (Phi) is 3.13. The van der Waals surface area contributed by atoms with Crippen LogP contribution in [0.15, 0.2) is 41.9 Å². The second-order valence-electron chi connectivity index (χ2n) is 2.57. The van der Waals surface area contributed by atoms with Gasteiger partial charge in [0.25, 0.3) is 0 Å². The highest BCUT2D eigenvalue weighted by atomic mass is 35.5. The molecule has 1 aromatic carbocycles. The second kappa shape index (κ2) is 4.13. The lowest BCUT2D eigenvalue weighted by Crippen LogP contribution is -2.19. The lowest BCUT2D eigenvalue weighted by atomic mass is 9.95. The van der Waals surface area contributed by atoms with Gasteiger partial charge in [0.05, 0.1) is 0 Å². The number of terminal acetylenes is 1. The molecule has 1 rings (SSSR count). The average Bonchev–Trinajstić information content (AvgIpc) is 2.19. The Hall–Kier alpha value is -1.23. The van der Waals surface area contributed by atoms with Crippen LogP contribution in [0.5, 0.6) is 0 Å². The number of hydrogen-bond acceptors (Lipinski definition) is 1. The minimum absolute atomic E-state index is 0.634. The predicted octanol–water partition coefficient (Wildman–Crippen LogP) is 2.26. The Balaban J connectivity index is 3.12. The third kappa shape index (κ3) is 2.12. The summed E-state index contributed by atoms with van der Waals surface area (Å²) in [6.45, 7) is 0. The quantitative estimate of drug-likeness (QED) is 0.713. The van der Waals surface area contributed by atoms with Gasteiger partial charge in [0.2, 0.25) is 0 Å². The fraction of sp³-hybridized carbons (Fsp3) is 0.0909. The van der Waals surface area contributed by atoms with Gasteiger partial charge in [-0.1, -0.05) is 47.9 Å². The highest BCUT2D eigenvalue weighted by molar-refractivity contribution is 6.25. The van der Waals surface area contributed by atoms with Crippen molar-refractivity contribution in [3.05, 3.63) is 47.5 Å². The van der Waals surface area contributed by atoms with Gasteiger partial charge in [0, 0.05) is 5.54 Å². The van der Waals surface area contributed by atoms with Crippen LogP contribution in [0.1, 0.15) is 5.56 Å². The van der Waals surface area contributed by atoms with E-state index in [0.717, 1.165) is 0 Å². The lowest BCUT2D eigenvalue weighted by molar-refractivity contribution is 0.154. The normalized spacial score (nSPS) is 15.2. The molecule has 1 atom stereocenters. The van der Waals surface area contributed by atoms with E-state index in [0.29, 0.717) is 5.56 Å². The van der Waals surface area contributed by atoms with E-state index in [1.54, 1.807) is 24.3 Å². The Bertz CT molecular complexity index is 337. The molecule has 0 amide bonds. The lowest BCUT2D eigenvalue weighted by Gasteiger charge is -2.17. The molecule has 0 spiro atoms. The maximum atomic E-state index is 9.88. The van der Waals surface area contributed by atoms with Crippen LogP contribution in [0.25, 0.3) is 0 Å². The molecule has 0 fully saturated rings. The fourth-order valence-corrected chi connectivity index (χ4v) is 1.19. The van der Waals surface area contributed by atoms with E-state index >= 15 is 0 Å². The summed E-state index contributed by atoms with van der Waals surface area (Å²) in [7, 11) is 0. The molecule has 66 valence electrons. The monoisotopic (exact) mass is 192 g/mol. The van der Waals surface area contributed by atoms with Crippen LogP contribution in [-0.2, 0) is 5.60 Å². The molecular weight excluding hydrogens is 184 g/mol. The number of aliphatic hydroxyl groups is 1. The van der Waals surface area contributed by atoms with Gasteiger partial charge in [0.1, 0.15) is 0 Å². The molecule has 0 bridgehead atoms. The Morgan fingerprint density at radius 1 is 1.38 bits per heavy atom. The summed E-state index contributed by atoms with van der Waals surface area (Å²) >= 11 is 5.38. The van der Waals surface area contributed by atoms with Crippen molar-refractivity contribution >= 4 is 11.6 Å². The van der Waals surface area contributed by atoms with E-state index in [1.807, 2.05) is 6.07 Å². The first-order valence-corrected chi connectivity index (χ1v) is 4.20. The minimum Gasteiger partial charge on any atom is -0.370 e. The molecule has 0 saturated carbocycles. The maximum absolute atomic E-state index is 9.88. The van der Waals surface area contributed by atoms with Crippen molar-refractivity contribution in [2.75, 3.05) is 0 Å². The fourth-order valence-electron chi connectivity index (χ4n) is 1.01. The smallest absolute Gasteiger partial charge is 0.170 e. The van der Waals surface area contributed by atoms with Crippen molar-refractivity contribution in [1.82, 2.24) is 0 Å². The van der Waals surface area contributed by atoms with Crippen LogP contribution in [0.2, 0.25) is 0 Å². The highest BCUT2D eigenvalue weighted by Gasteiger charge is 2.21. The van der Waals surface area contributed by atoms with E-state index in [2.05, 4.69) is 5.92 Å².